The van der Waals surface area contributed by atoms with E-state index in [0.717, 1.165) is 31.2 Å². The molecule has 2 rings (SSSR count). The fourth-order valence-corrected chi connectivity index (χ4v) is 3.51. The maximum atomic E-state index is 12.1. The molecule has 6 nitrogen and oxygen atoms in total. The summed E-state index contributed by atoms with van der Waals surface area (Å²) in [5.74, 6) is -1.36. The number of carboxylic acid groups (broad SMARTS) is 1. The summed E-state index contributed by atoms with van der Waals surface area (Å²) < 4.78 is 26.6. The van der Waals surface area contributed by atoms with E-state index in [0.29, 0.717) is 0 Å². The molecule has 0 unspecified atom stereocenters. The highest BCUT2D eigenvalue weighted by molar-refractivity contribution is 7.89. The van der Waals surface area contributed by atoms with Crippen LogP contribution in [0.1, 0.15) is 30.4 Å². The number of fused-ring (bicyclic) bond motifs is 1. The van der Waals surface area contributed by atoms with Crippen LogP contribution in [-0.2, 0) is 27.7 Å². The SMILES string of the molecule is O=C(O)[C@@H](O)CCNS(=O)(=O)c1ccc2c(c1)CCCC2. The van der Waals surface area contributed by atoms with Crippen LogP contribution in [0, 0.1) is 0 Å². The number of hydrogen-bond donors (Lipinski definition) is 3. The second-order valence-electron chi connectivity index (χ2n) is 5.18. The molecule has 1 aliphatic carbocycles. The molecule has 0 spiro atoms. The van der Waals surface area contributed by atoms with E-state index in [1.165, 1.54) is 5.56 Å². The summed E-state index contributed by atoms with van der Waals surface area (Å²) in [6.07, 6.45) is 2.33. The van der Waals surface area contributed by atoms with Crippen LogP contribution in [0.4, 0.5) is 0 Å². The number of aliphatic carboxylic acids is 1. The monoisotopic (exact) mass is 313 g/mol. The molecule has 1 aromatic carbocycles. The van der Waals surface area contributed by atoms with E-state index in [1.807, 2.05) is 6.07 Å². The Balaban J connectivity index is 2.04. The summed E-state index contributed by atoms with van der Waals surface area (Å²) in [5, 5.41) is 17.7. The Bertz CT molecular complexity index is 626. The zero-order valence-corrected chi connectivity index (χ0v) is 12.4. The van der Waals surface area contributed by atoms with Crippen molar-refractivity contribution in [3.8, 4) is 0 Å². The van der Waals surface area contributed by atoms with Crippen molar-refractivity contribution < 1.29 is 23.4 Å². The van der Waals surface area contributed by atoms with Crippen molar-refractivity contribution in [2.45, 2.75) is 43.1 Å². The number of carboxylic acids is 1. The minimum absolute atomic E-state index is 0.118. The lowest BCUT2D eigenvalue weighted by atomic mass is 9.92. The molecule has 0 aromatic heterocycles. The maximum absolute atomic E-state index is 12.1. The first-order valence-electron chi connectivity index (χ1n) is 6.92. The quantitative estimate of drug-likeness (QED) is 0.716. The van der Waals surface area contributed by atoms with Gasteiger partial charge < -0.3 is 10.2 Å². The molecule has 0 heterocycles. The van der Waals surface area contributed by atoms with Gasteiger partial charge in [-0.2, -0.15) is 0 Å². The number of sulfonamides is 1. The second kappa shape index (κ2) is 6.55. The van der Waals surface area contributed by atoms with Gasteiger partial charge in [0.25, 0.3) is 0 Å². The minimum Gasteiger partial charge on any atom is -0.479 e. The van der Waals surface area contributed by atoms with Crippen molar-refractivity contribution in [3.63, 3.8) is 0 Å². The van der Waals surface area contributed by atoms with E-state index in [-0.39, 0.29) is 17.9 Å². The molecule has 0 radical (unpaired) electrons. The van der Waals surface area contributed by atoms with Crippen molar-refractivity contribution in [3.05, 3.63) is 29.3 Å². The third-order valence-corrected chi connectivity index (χ3v) is 5.08. The van der Waals surface area contributed by atoms with Crippen molar-refractivity contribution in [1.29, 1.82) is 0 Å². The van der Waals surface area contributed by atoms with E-state index in [9.17, 15) is 13.2 Å². The van der Waals surface area contributed by atoms with Gasteiger partial charge in [0.1, 0.15) is 0 Å². The van der Waals surface area contributed by atoms with Crippen LogP contribution in [-0.4, -0.2) is 37.2 Å². The Hall–Kier alpha value is -1.44. The van der Waals surface area contributed by atoms with Crippen molar-refractivity contribution in [2.75, 3.05) is 6.54 Å². The zero-order chi connectivity index (χ0) is 15.5. The number of rotatable bonds is 6. The summed E-state index contributed by atoms with van der Waals surface area (Å²) in [5.41, 5.74) is 2.26. The molecule has 3 N–H and O–H groups in total. The Kier molecular flexibility index (Phi) is 4.97. The van der Waals surface area contributed by atoms with Gasteiger partial charge in [0.05, 0.1) is 4.90 Å². The highest BCUT2D eigenvalue weighted by Crippen LogP contribution is 2.23. The highest BCUT2D eigenvalue weighted by atomic mass is 32.2. The molecule has 1 aliphatic rings. The number of aliphatic hydroxyl groups is 1. The van der Waals surface area contributed by atoms with Crippen LogP contribution in [0.3, 0.4) is 0 Å². The molecule has 116 valence electrons. The van der Waals surface area contributed by atoms with Crippen LogP contribution in [0.25, 0.3) is 0 Å². The summed E-state index contributed by atoms with van der Waals surface area (Å²) in [6, 6.07) is 5.10. The molecule has 0 aliphatic heterocycles. The Morgan fingerprint density at radius 3 is 2.57 bits per heavy atom. The molecular formula is C14H19NO5S. The molecule has 0 saturated carbocycles. The predicted octanol–water partition coefficient (Wildman–Crippen LogP) is 0.679. The fourth-order valence-electron chi connectivity index (χ4n) is 2.41. The molecule has 21 heavy (non-hydrogen) atoms. The molecule has 0 amide bonds. The minimum atomic E-state index is -3.67. The lowest BCUT2D eigenvalue weighted by Gasteiger charge is -2.17. The Labute approximate surface area is 123 Å². The van der Waals surface area contributed by atoms with Crippen molar-refractivity contribution >= 4 is 16.0 Å². The smallest absolute Gasteiger partial charge is 0.332 e. The number of hydrogen-bond acceptors (Lipinski definition) is 4. The first-order chi connectivity index (χ1) is 9.90. The fraction of sp³-hybridized carbons (Fsp3) is 0.500. The Morgan fingerprint density at radius 1 is 1.24 bits per heavy atom. The van der Waals surface area contributed by atoms with Crippen LogP contribution >= 0.6 is 0 Å². The van der Waals surface area contributed by atoms with Gasteiger partial charge >= 0.3 is 5.97 Å². The van der Waals surface area contributed by atoms with Gasteiger partial charge in [0.2, 0.25) is 10.0 Å². The second-order valence-corrected chi connectivity index (χ2v) is 6.95. The summed E-state index contributed by atoms with van der Waals surface area (Å²) in [4.78, 5) is 10.6. The van der Waals surface area contributed by atoms with Crippen LogP contribution < -0.4 is 4.72 Å². The maximum Gasteiger partial charge on any atom is 0.332 e. The average Bonchev–Trinajstić information content (AvgIpc) is 2.46. The number of aryl methyl sites for hydroxylation is 2. The molecule has 0 bridgehead atoms. The van der Waals surface area contributed by atoms with E-state index in [1.54, 1.807) is 12.1 Å². The van der Waals surface area contributed by atoms with Crippen LogP contribution in [0.2, 0.25) is 0 Å². The first kappa shape index (κ1) is 15.9. The zero-order valence-electron chi connectivity index (χ0n) is 11.6. The van der Waals surface area contributed by atoms with Gasteiger partial charge in [-0.15, -0.1) is 0 Å². The van der Waals surface area contributed by atoms with Crippen LogP contribution in [0.5, 0.6) is 0 Å². The van der Waals surface area contributed by atoms with Crippen molar-refractivity contribution in [1.82, 2.24) is 4.72 Å². The Morgan fingerprint density at radius 2 is 1.90 bits per heavy atom. The lowest BCUT2D eigenvalue weighted by Crippen LogP contribution is -2.30. The highest BCUT2D eigenvalue weighted by Gasteiger charge is 2.19. The molecular weight excluding hydrogens is 294 g/mol. The van der Waals surface area contributed by atoms with Gasteiger partial charge in [0, 0.05) is 6.54 Å². The summed E-state index contributed by atoms with van der Waals surface area (Å²) in [6.45, 7) is -0.118. The lowest BCUT2D eigenvalue weighted by molar-refractivity contribution is -0.146. The third kappa shape index (κ3) is 4.03. The average molecular weight is 313 g/mol. The van der Waals surface area contributed by atoms with Gasteiger partial charge in [-0.3, -0.25) is 0 Å². The standard InChI is InChI=1S/C14H19NO5S/c16-13(14(17)18)7-8-15-21(19,20)12-6-5-10-3-1-2-4-11(10)9-12/h5-6,9,13,15-16H,1-4,7-8H2,(H,17,18)/t13-/m0/s1. The van der Waals surface area contributed by atoms with Gasteiger partial charge in [-0.05, 0) is 55.4 Å². The molecule has 0 saturated heterocycles. The number of nitrogens with one attached hydrogen (secondary N) is 1. The largest absolute Gasteiger partial charge is 0.479 e. The normalized spacial score (nSPS) is 16.2. The third-order valence-electron chi connectivity index (χ3n) is 3.63. The van der Waals surface area contributed by atoms with E-state index in [2.05, 4.69) is 4.72 Å². The van der Waals surface area contributed by atoms with Crippen molar-refractivity contribution in [2.24, 2.45) is 0 Å². The van der Waals surface area contributed by atoms with E-state index >= 15 is 0 Å². The molecule has 1 aromatic rings. The van der Waals surface area contributed by atoms with Gasteiger partial charge in [-0.1, -0.05) is 6.07 Å². The predicted molar refractivity (Wildman–Crippen MR) is 76.5 cm³/mol. The molecule has 0 fully saturated rings. The van der Waals surface area contributed by atoms with E-state index < -0.39 is 22.1 Å². The van der Waals surface area contributed by atoms with Crippen LogP contribution in [0.15, 0.2) is 23.1 Å². The number of benzene rings is 1. The first-order valence-corrected chi connectivity index (χ1v) is 8.41. The molecule has 7 heteroatoms. The van der Waals surface area contributed by atoms with Gasteiger partial charge in [0.15, 0.2) is 6.10 Å². The molecule has 1 atom stereocenters. The topological polar surface area (TPSA) is 104 Å². The number of aliphatic hydroxyl groups excluding tert-OH is 1. The summed E-state index contributed by atoms with van der Waals surface area (Å²) >= 11 is 0. The summed E-state index contributed by atoms with van der Waals surface area (Å²) in [7, 11) is -3.67. The van der Waals surface area contributed by atoms with Gasteiger partial charge in [-0.25, -0.2) is 17.9 Å². The number of carbonyl (C=O) groups is 1. The van der Waals surface area contributed by atoms with E-state index in [4.69, 9.17) is 10.2 Å².